The van der Waals surface area contributed by atoms with Crippen molar-refractivity contribution in [1.29, 1.82) is 0 Å². The summed E-state index contributed by atoms with van der Waals surface area (Å²) in [6, 6.07) is 20.9. The summed E-state index contributed by atoms with van der Waals surface area (Å²) in [6.45, 7) is 1.06. The van der Waals surface area contributed by atoms with Gasteiger partial charge in [-0.3, -0.25) is 0 Å². The average molecular weight is 422 g/mol. The highest BCUT2D eigenvalue weighted by Gasteiger charge is 2.37. The van der Waals surface area contributed by atoms with Crippen LogP contribution in [0.1, 0.15) is 34.0 Å². The highest BCUT2D eigenvalue weighted by atomic mass is 19.4. The molecule has 0 amide bonds. The molecule has 0 bridgehead atoms. The minimum atomic E-state index is -4.40. The Morgan fingerprint density at radius 3 is 2.52 bits per heavy atom. The van der Waals surface area contributed by atoms with Crippen LogP contribution in [0.2, 0.25) is 0 Å². The number of aromatic amines is 1. The van der Waals surface area contributed by atoms with Gasteiger partial charge >= 0.3 is 6.18 Å². The van der Waals surface area contributed by atoms with Crippen LogP contribution in [0.3, 0.4) is 0 Å². The molecule has 6 heteroatoms. The third-order valence-corrected chi connectivity index (χ3v) is 5.75. The van der Waals surface area contributed by atoms with Crippen LogP contribution < -0.4 is 10.1 Å². The molecule has 3 aromatic carbocycles. The lowest BCUT2D eigenvalue weighted by molar-refractivity contribution is -0.138. The van der Waals surface area contributed by atoms with E-state index in [4.69, 9.17) is 4.74 Å². The van der Waals surface area contributed by atoms with Gasteiger partial charge in [-0.15, -0.1) is 0 Å². The maximum atomic E-state index is 13.6. The summed E-state index contributed by atoms with van der Waals surface area (Å²) >= 11 is 0. The van der Waals surface area contributed by atoms with E-state index in [-0.39, 0.29) is 5.56 Å². The summed E-state index contributed by atoms with van der Waals surface area (Å²) in [5, 5.41) is 4.26. The van der Waals surface area contributed by atoms with Crippen molar-refractivity contribution in [2.75, 3.05) is 6.54 Å². The molecule has 3 nitrogen and oxygen atoms in total. The third kappa shape index (κ3) is 3.79. The maximum Gasteiger partial charge on any atom is 0.416 e. The van der Waals surface area contributed by atoms with E-state index >= 15 is 0 Å². The minimum Gasteiger partial charge on any atom is -0.489 e. The second-order valence-corrected chi connectivity index (χ2v) is 7.72. The van der Waals surface area contributed by atoms with Crippen molar-refractivity contribution >= 4 is 10.9 Å². The van der Waals surface area contributed by atoms with E-state index in [1.807, 2.05) is 48.5 Å². The third-order valence-electron chi connectivity index (χ3n) is 5.75. The van der Waals surface area contributed by atoms with Gasteiger partial charge in [0.25, 0.3) is 0 Å². The Kier molecular flexibility index (Phi) is 4.94. The van der Waals surface area contributed by atoms with Gasteiger partial charge in [0.2, 0.25) is 0 Å². The summed E-state index contributed by atoms with van der Waals surface area (Å²) in [5.74, 6) is 0.740. The highest BCUT2D eigenvalue weighted by Crippen LogP contribution is 2.40. The molecule has 4 aromatic rings. The Hall–Kier alpha value is -3.25. The summed E-state index contributed by atoms with van der Waals surface area (Å²) in [7, 11) is 0. The smallest absolute Gasteiger partial charge is 0.416 e. The predicted octanol–water partition coefficient (Wildman–Crippen LogP) is 6.00. The fourth-order valence-electron chi connectivity index (χ4n) is 4.31. The topological polar surface area (TPSA) is 37.0 Å². The van der Waals surface area contributed by atoms with Gasteiger partial charge in [-0.25, -0.2) is 0 Å². The molecule has 0 radical (unpaired) electrons. The molecule has 31 heavy (non-hydrogen) atoms. The molecule has 2 N–H and O–H groups in total. The van der Waals surface area contributed by atoms with Crippen molar-refractivity contribution in [2.24, 2.45) is 0 Å². The molecule has 5 rings (SSSR count). The largest absolute Gasteiger partial charge is 0.489 e. The molecular formula is C25H21F3N2O. The molecular weight excluding hydrogens is 401 g/mol. The van der Waals surface area contributed by atoms with E-state index in [1.165, 1.54) is 6.07 Å². The number of hydrogen-bond acceptors (Lipinski definition) is 2. The molecule has 0 aliphatic carbocycles. The number of halogens is 3. The number of nitrogens with one attached hydrogen (secondary N) is 2. The Morgan fingerprint density at radius 1 is 0.935 bits per heavy atom. The van der Waals surface area contributed by atoms with Gasteiger partial charge in [-0.05, 0) is 47.4 Å². The number of aromatic nitrogens is 1. The lowest BCUT2D eigenvalue weighted by Gasteiger charge is -2.27. The van der Waals surface area contributed by atoms with Gasteiger partial charge in [0, 0.05) is 23.1 Å². The molecule has 1 unspecified atom stereocenters. The first-order valence-corrected chi connectivity index (χ1v) is 10.2. The van der Waals surface area contributed by atoms with Crippen LogP contribution in [0.4, 0.5) is 13.2 Å². The van der Waals surface area contributed by atoms with E-state index in [1.54, 1.807) is 12.1 Å². The number of H-pyrrole nitrogens is 1. The van der Waals surface area contributed by atoms with Crippen molar-refractivity contribution in [3.63, 3.8) is 0 Å². The van der Waals surface area contributed by atoms with Crippen LogP contribution >= 0.6 is 0 Å². The number of fused-ring (bicyclic) bond motifs is 3. The molecule has 0 fully saturated rings. The van der Waals surface area contributed by atoms with E-state index in [0.717, 1.165) is 46.0 Å². The van der Waals surface area contributed by atoms with E-state index < -0.39 is 17.8 Å². The zero-order chi connectivity index (χ0) is 21.4. The van der Waals surface area contributed by atoms with Gasteiger partial charge in [-0.2, -0.15) is 13.2 Å². The molecule has 158 valence electrons. The summed E-state index contributed by atoms with van der Waals surface area (Å²) in [6.07, 6.45) is -3.66. The summed E-state index contributed by atoms with van der Waals surface area (Å²) in [4.78, 5) is 3.36. The molecule has 1 aliphatic rings. The Morgan fingerprint density at radius 2 is 1.71 bits per heavy atom. The monoisotopic (exact) mass is 422 g/mol. The standard InChI is InChI=1S/C25H21F3N2O/c26-25(27,28)21-9-5-4-8-19(21)23-24-18(12-13-29-23)20-14-17(10-11-22(20)30-24)31-15-16-6-2-1-3-7-16/h1-11,14,23,29-30H,12-13,15H2. The molecule has 1 aliphatic heterocycles. The maximum absolute atomic E-state index is 13.6. The number of benzene rings is 3. The molecule has 0 saturated carbocycles. The summed E-state index contributed by atoms with van der Waals surface area (Å²) in [5.41, 5.74) is 3.44. The molecule has 0 saturated heterocycles. The van der Waals surface area contributed by atoms with Crippen molar-refractivity contribution in [1.82, 2.24) is 10.3 Å². The molecule has 1 atom stereocenters. The molecule has 1 aromatic heterocycles. The van der Waals surface area contributed by atoms with Crippen molar-refractivity contribution in [3.8, 4) is 5.75 Å². The van der Waals surface area contributed by atoms with E-state index in [0.29, 0.717) is 13.2 Å². The minimum absolute atomic E-state index is 0.239. The van der Waals surface area contributed by atoms with Gasteiger partial charge in [0.1, 0.15) is 12.4 Å². The van der Waals surface area contributed by atoms with E-state index in [9.17, 15) is 13.2 Å². The average Bonchev–Trinajstić information content (AvgIpc) is 3.16. The van der Waals surface area contributed by atoms with Crippen molar-refractivity contribution in [3.05, 3.63) is 101 Å². The zero-order valence-corrected chi connectivity index (χ0v) is 16.7. The normalized spacial score (nSPS) is 16.3. The Bertz CT molecular complexity index is 1210. The van der Waals surface area contributed by atoms with Crippen LogP contribution in [0.25, 0.3) is 10.9 Å². The van der Waals surface area contributed by atoms with Crippen LogP contribution in [0.15, 0.2) is 72.8 Å². The summed E-state index contributed by atoms with van der Waals surface area (Å²) < 4.78 is 46.8. The zero-order valence-electron chi connectivity index (χ0n) is 16.7. The van der Waals surface area contributed by atoms with Crippen molar-refractivity contribution in [2.45, 2.75) is 25.2 Å². The number of rotatable bonds is 4. The van der Waals surface area contributed by atoms with Crippen LogP contribution in [0, 0.1) is 0 Å². The second kappa shape index (κ2) is 7.78. The van der Waals surface area contributed by atoms with Gasteiger partial charge in [0.15, 0.2) is 0 Å². The number of alkyl halides is 3. The lowest BCUT2D eigenvalue weighted by Crippen LogP contribution is -2.32. The lowest BCUT2D eigenvalue weighted by atomic mass is 9.91. The SMILES string of the molecule is FC(F)(F)c1ccccc1C1NCCc2c1[nH]c1ccc(OCc3ccccc3)cc21. The molecule has 2 heterocycles. The van der Waals surface area contributed by atoms with E-state index in [2.05, 4.69) is 10.3 Å². The molecule has 0 spiro atoms. The first-order chi connectivity index (χ1) is 15.0. The first kappa shape index (κ1) is 19.7. The van der Waals surface area contributed by atoms with Crippen LogP contribution in [-0.4, -0.2) is 11.5 Å². The van der Waals surface area contributed by atoms with Gasteiger partial charge in [0.05, 0.1) is 11.6 Å². The Labute approximate surface area is 177 Å². The first-order valence-electron chi connectivity index (χ1n) is 10.2. The van der Waals surface area contributed by atoms with Gasteiger partial charge in [-0.1, -0.05) is 48.5 Å². The number of ether oxygens (including phenoxy) is 1. The second-order valence-electron chi connectivity index (χ2n) is 7.72. The number of hydrogen-bond donors (Lipinski definition) is 2. The predicted molar refractivity (Wildman–Crippen MR) is 114 cm³/mol. The fourth-order valence-corrected chi connectivity index (χ4v) is 4.31. The Balaban J connectivity index is 1.51. The van der Waals surface area contributed by atoms with Crippen molar-refractivity contribution < 1.29 is 17.9 Å². The fraction of sp³-hybridized carbons (Fsp3) is 0.200. The van der Waals surface area contributed by atoms with Gasteiger partial charge < -0.3 is 15.0 Å². The highest BCUT2D eigenvalue weighted by molar-refractivity contribution is 5.86. The van der Waals surface area contributed by atoms with Crippen LogP contribution in [-0.2, 0) is 19.2 Å². The quantitative estimate of drug-likeness (QED) is 0.423. The van der Waals surface area contributed by atoms with Crippen LogP contribution in [0.5, 0.6) is 5.75 Å².